The largest absolute Gasteiger partial charge is 0.293 e. The number of hydrogen-bond donors (Lipinski definition) is 1. The number of ketones is 1. The average molecular weight is 367 g/mol. The van der Waals surface area contributed by atoms with E-state index in [9.17, 15) is 13.2 Å². The van der Waals surface area contributed by atoms with Crippen molar-refractivity contribution in [3.63, 3.8) is 0 Å². The van der Waals surface area contributed by atoms with Crippen LogP contribution in [0.3, 0.4) is 0 Å². The van der Waals surface area contributed by atoms with Crippen LogP contribution < -0.4 is 4.72 Å². The topological polar surface area (TPSA) is 89.0 Å². The van der Waals surface area contributed by atoms with Crippen molar-refractivity contribution in [2.45, 2.75) is 11.8 Å². The molecule has 1 aromatic heterocycles. The first-order valence-electron chi connectivity index (χ1n) is 7.93. The Balaban J connectivity index is 1.79. The summed E-state index contributed by atoms with van der Waals surface area (Å²) in [5.74, 6) is 0.181. The van der Waals surface area contributed by atoms with Crippen molar-refractivity contribution in [1.82, 2.24) is 14.7 Å². The molecular weight excluding hydrogens is 350 g/mol. The van der Waals surface area contributed by atoms with Crippen LogP contribution in [-0.4, -0.2) is 30.7 Å². The average Bonchev–Trinajstić information content (AvgIpc) is 2.67. The van der Waals surface area contributed by atoms with Crippen LogP contribution in [0.4, 0.5) is 0 Å². The van der Waals surface area contributed by atoms with Crippen LogP contribution in [-0.2, 0) is 10.0 Å². The summed E-state index contributed by atoms with van der Waals surface area (Å²) in [4.78, 5) is 21.0. The Morgan fingerprint density at radius 3 is 2.38 bits per heavy atom. The molecule has 0 radical (unpaired) electrons. The smallest absolute Gasteiger partial charge is 0.240 e. The third-order valence-electron chi connectivity index (χ3n) is 3.70. The fraction of sp³-hybridized carbons (Fsp3) is 0.105. The second-order valence-electron chi connectivity index (χ2n) is 5.72. The quantitative estimate of drug-likeness (QED) is 0.677. The molecular formula is C19H17N3O3S. The number of aromatic nitrogens is 2. The summed E-state index contributed by atoms with van der Waals surface area (Å²) < 4.78 is 26.8. The minimum atomic E-state index is -3.73. The van der Waals surface area contributed by atoms with E-state index in [1.54, 1.807) is 48.8 Å². The van der Waals surface area contributed by atoms with Crippen LogP contribution in [0.25, 0.3) is 11.4 Å². The monoisotopic (exact) mass is 367 g/mol. The van der Waals surface area contributed by atoms with Gasteiger partial charge in [-0.15, -0.1) is 0 Å². The molecule has 3 rings (SSSR count). The zero-order valence-electron chi connectivity index (χ0n) is 14.1. The third kappa shape index (κ3) is 4.19. The Hall–Kier alpha value is -2.90. The predicted octanol–water partition coefficient (Wildman–Crippen LogP) is 2.61. The highest BCUT2D eigenvalue weighted by atomic mass is 32.2. The molecule has 0 spiro atoms. The number of Topliss-reactive ketones (excluding diaryl/α,β-unsaturated/α-hetero) is 1. The number of carbonyl (C=O) groups excluding carboxylic acids is 1. The molecule has 1 N–H and O–H groups in total. The van der Waals surface area contributed by atoms with Gasteiger partial charge in [0.2, 0.25) is 10.0 Å². The maximum atomic E-state index is 12.5. The fourth-order valence-corrected chi connectivity index (χ4v) is 3.47. The number of nitrogens with one attached hydrogen (secondary N) is 1. The molecule has 0 saturated heterocycles. The standard InChI is InChI=1S/C19H17N3O3S/c1-14-10-15(12-16(11-14)19-20-8-5-9-21-19)18(23)13-22-26(24,25)17-6-3-2-4-7-17/h2-12,22H,13H2,1H3. The SMILES string of the molecule is Cc1cc(C(=O)CNS(=O)(=O)c2ccccc2)cc(-c2ncccn2)c1. The van der Waals surface area contributed by atoms with E-state index < -0.39 is 10.0 Å². The third-order valence-corrected chi connectivity index (χ3v) is 5.12. The molecule has 26 heavy (non-hydrogen) atoms. The Kier molecular flexibility index (Phi) is 5.20. The van der Waals surface area contributed by atoms with Crippen molar-refractivity contribution in [1.29, 1.82) is 0 Å². The highest BCUT2D eigenvalue weighted by molar-refractivity contribution is 7.89. The Labute approximate surface area is 152 Å². The Morgan fingerprint density at radius 2 is 1.69 bits per heavy atom. The first-order chi connectivity index (χ1) is 12.5. The van der Waals surface area contributed by atoms with Crippen molar-refractivity contribution in [2.75, 3.05) is 6.54 Å². The number of hydrogen-bond acceptors (Lipinski definition) is 5. The lowest BCUT2D eigenvalue weighted by atomic mass is 10.0. The number of nitrogens with zero attached hydrogens (tertiary/aromatic N) is 2. The van der Waals surface area contributed by atoms with Gasteiger partial charge in [-0.2, -0.15) is 0 Å². The van der Waals surface area contributed by atoms with Crippen molar-refractivity contribution < 1.29 is 13.2 Å². The van der Waals surface area contributed by atoms with Crippen molar-refractivity contribution in [3.8, 4) is 11.4 Å². The van der Waals surface area contributed by atoms with Gasteiger partial charge in [0.25, 0.3) is 0 Å². The molecule has 0 aliphatic heterocycles. The lowest BCUT2D eigenvalue weighted by Gasteiger charge is -2.08. The van der Waals surface area contributed by atoms with E-state index >= 15 is 0 Å². The molecule has 132 valence electrons. The van der Waals surface area contributed by atoms with E-state index in [2.05, 4.69) is 14.7 Å². The van der Waals surface area contributed by atoms with E-state index in [0.29, 0.717) is 17.0 Å². The molecule has 0 bridgehead atoms. The lowest BCUT2D eigenvalue weighted by molar-refractivity contribution is 0.0997. The molecule has 0 amide bonds. The summed E-state index contributed by atoms with van der Waals surface area (Å²) >= 11 is 0. The lowest BCUT2D eigenvalue weighted by Crippen LogP contribution is -2.29. The van der Waals surface area contributed by atoms with Crippen molar-refractivity contribution in [2.24, 2.45) is 0 Å². The zero-order chi connectivity index (χ0) is 18.6. The molecule has 0 unspecified atom stereocenters. The van der Waals surface area contributed by atoms with E-state index in [0.717, 1.165) is 5.56 Å². The van der Waals surface area contributed by atoms with Gasteiger partial charge in [0, 0.05) is 23.5 Å². The maximum absolute atomic E-state index is 12.5. The molecule has 0 saturated carbocycles. The van der Waals surface area contributed by atoms with Crippen LogP contribution in [0, 0.1) is 6.92 Å². The van der Waals surface area contributed by atoms with Gasteiger partial charge in [0.1, 0.15) is 0 Å². The van der Waals surface area contributed by atoms with Crippen molar-refractivity contribution in [3.05, 3.63) is 78.1 Å². The highest BCUT2D eigenvalue weighted by Crippen LogP contribution is 2.19. The molecule has 0 aliphatic carbocycles. The normalized spacial score (nSPS) is 11.3. The second kappa shape index (κ2) is 7.55. The van der Waals surface area contributed by atoms with Crippen molar-refractivity contribution >= 4 is 15.8 Å². The zero-order valence-corrected chi connectivity index (χ0v) is 14.9. The van der Waals surface area contributed by atoms with Gasteiger partial charge in [0.05, 0.1) is 11.4 Å². The van der Waals surface area contributed by atoms with E-state index in [1.165, 1.54) is 12.1 Å². The molecule has 6 nitrogen and oxygen atoms in total. The number of carbonyl (C=O) groups is 1. The summed E-state index contributed by atoms with van der Waals surface area (Å²) in [5.41, 5.74) is 1.98. The molecule has 2 aromatic carbocycles. The summed E-state index contributed by atoms with van der Waals surface area (Å²) in [6, 6.07) is 14.9. The predicted molar refractivity (Wildman–Crippen MR) is 98.2 cm³/mol. The van der Waals surface area contributed by atoms with Gasteiger partial charge in [-0.25, -0.2) is 23.1 Å². The van der Waals surface area contributed by atoms with Gasteiger partial charge in [-0.05, 0) is 48.9 Å². The first-order valence-corrected chi connectivity index (χ1v) is 9.41. The van der Waals surface area contributed by atoms with Gasteiger partial charge < -0.3 is 0 Å². The Bertz CT molecular complexity index is 1020. The van der Waals surface area contributed by atoms with Crippen LogP contribution in [0.1, 0.15) is 15.9 Å². The molecule has 0 aliphatic rings. The van der Waals surface area contributed by atoms with Gasteiger partial charge in [-0.1, -0.05) is 18.2 Å². The number of sulfonamides is 1. The van der Waals surface area contributed by atoms with Crippen LogP contribution >= 0.6 is 0 Å². The first kappa shape index (κ1) is 17.9. The number of aryl methyl sites for hydroxylation is 1. The second-order valence-corrected chi connectivity index (χ2v) is 7.49. The summed E-state index contributed by atoms with van der Waals surface area (Å²) in [6.07, 6.45) is 3.25. The fourth-order valence-electron chi connectivity index (χ4n) is 2.47. The summed E-state index contributed by atoms with van der Waals surface area (Å²) in [5, 5.41) is 0. The minimum Gasteiger partial charge on any atom is -0.293 e. The van der Waals surface area contributed by atoms with Gasteiger partial charge in [-0.3, -0.25) is 4.79 Å². The van der Waals surface area contributed by atoms with Crippen LogP contribution in [0.15, 0.2) is 71.9 Å². The molecule has 0 fully saturated rings. The Morgan fingerprint density at radius 1 is 1.00 bits per heavy atom. The maximum Gasteiger partial charge on any atom is 0.240 e. The van der Waals surface area contributed by atoms with Gasteiger partial charge in [0.15, 0.2) is 11.6 Å². The molecule has 7 heteroatoms. The molecule has 1 heterocycles. The minimum absolute atomic E-state index is 0.121. The van der Waals surface area contributed by atoms with Crippen LogP contribution in [0.5, 0.6) is 0 Å². The number of rotatable bonds is 6. The summed E-state index contributed by atoms with van der Waals surface area (Å²) in [6.45, 7) is 1.53. The van der Waals surface area contributed by atoms with E-state index in [1.807, 2.05) is 13.0 Å². The summed E-state index contributed by atoms with van der Waals surface area (Å²) in [7, 11) is -3.73. The molecule has 3 aromatic rings. The number of benzene rings is 2. The van der Waals surface area contributed by atoms with Gasteiger partial charge >= 0.3 is 0 Å². The van der Waals surface area contributed by atoms with Crippen LogP contribution in [0.2, 0.25) is 0 Å². The van der Waals surface area contributed by atoms with E-state index in [4.69, 9.17) is 0 Å². The molecule has 0 atom stereocenters. The highest BCUT2D eigenvalue weighted by Gasteiger charge is 2.16. The van der Waals surface area contributed by atoms with E-state index in [-0.39, 0.29) is 17.2 Å².